The van der Waals surface area contributed by atoms with Gasteiger partial charge in [0.05, 0.1) is 13.0 Å². The summed E-state index contributed by atoms with van der Waals surface area (Å²) in [7, 11) is 0. The first-order chi connectivity index (χ1) is 10.2. The lowest BCUT2D eigenvalue weighted by Crippen LogP contribution is -2.49. The van der Waals surface area contributed by atoms with Crippen LogP contribution in [0.15, 0.2) is 6.33 Å². The van der Waals surface area contributed by atoms with Gasteiger partial charge in [0.1, 0.15) is 18.0 Å². The Morgan fingerprint density at radius 2 is 2.10 bits per heavy atom. The summed E-state index contributed by atoms with van der Waals surface area (Å²) >= 11 is 0. The van der Waals surface area contributed by atoms with E-state index in [1.54, 1.807) is 11.8 Å². The molecule has 0 aromatic carbocycles. The Kier molecular flexibility index (Phi) is 3.59. The molecule has 112 valence electrons. The molecule has 1 aromatic heterocycles. The van der Waals surface area contributed by atoms with Gasteiger partial charge in [-0.25, -0.2) is 14.8 Å². The summed E-state index contributed by atoms with van der Waals surface area (Å²) in [5.74, 6) is 1.32. The molecule has 3 rings (SSSR count). The summed E-state index contributed by atoms with van der Waals surface area (Å²) < 4.78 is 5.00. The number of hydrogen-bond acceptors (Lipinski definition) is 6. The summed E-state index contributed by atoms with van der Waals surface area (Å²) in [6.07, 6.45) is 1.49. The van der Waals surface area contributed by atoms with Gasteiger partial charge < -0.3 is 19.9 Å². The number of anilines is 2. The van der Waals surface area contributed by atoms with Gasteiger partial charge >= 0.3 is 6.09 Å². The van der Waals surface area contributed by atoms with E-state index in [4.69, 9.17) is 4.74 Å². The summed E-state index contributed by atoms with van der Waals surface area (Å²) in [5.41, 5.74) is 0.840. The van der Waals surface area contributed by atoms with E-state index in [1.165, 1.54) is 6.33 Å². The van der Waals surface area contributed by atoms with Crippen molar-refractivity contribution in [3.63, 3.8) is 0 Å². The van der Waals surface area contributed by atoms with Gasteiger partial charge in [0.2, 0.25) is 5.91 Å². The van der Waals surface area contributed by atoms with Gasteiger partial charge in [-0.15, -0.1) is 0 Å². The van der Waals surface area contributed by atoms with Crippen molar-refractivity contribution in [2.45, 2.75) is 13.3 Å². The van der Waals surface area contributed by atoms with E-state index in [-0.39, 0.29) is 12.0 Å². The van der Waals surface area contributed by atoms with Crippen LogP contribution >= 0.6 is 0 Å². The van der Waals surface area contributed by atoms with E-state index in [0.717, 1.165) is 11.4 Å². The van der Waals surface area contributed by atoms with E-state index in [2.05, 4.69) is 20.2 Å². The number of nitrogens with zero attached hydrogens (tertiary/aromatic N) is 4. The normalized spacial score (nSPS) is 17.5. The van der Waals surface area contributed by atoms with Crippen molar-refractivity contribution in [1.29, 1.82) is 0 Å². The molecule has 2 aliphatic heterocycles. The fourth-order valence-corrected chi connectivity index (χ4v) is 2.60. The van der Waals surface area contributed by atoms with Crippen LogP contribution in [-0.4, -0.2) is 59.7 Å². The van der Waals surface area contributed by atoms with E-state index in [9.17, 15) is 9.59 Å². The minimum atomic E-state index is -0.276. The molecule has 0 saturated carbocycles. The third-order valence-corrected chi connectivity index (χ3v) is 3.62. The maximum Gasteiger partial charge on any atom is 0.409 e. The predicted molar refractivity (Wildman–Crippen MR) is 75.2 cm³/mol. The Balaban J connectivity index is 1.70. The number of nitrogens with one attached hydrogen (secondary N) is 1. The standard InChI is InChI=1S/C13H17N5O3/c1-2-21-13(20)18-5-3-17(4-6-18)12-9-7-10(19)16-11(9)14-8-15-12/h8H,2-7H2,1H3,(H,14,15,16,19). The molecule has 0 aliphatic carbocycles. The zero-order valence-corrected chi connectivity index (χ0v) is 11.8. The second-order valence-corrected chi connectivity index (χ2v) is 4.92. The Morgan fingerprint density at radius 1 is 1.33 bits per heavy atom. The van der Waals surface area contributed by atoms with E-state index < -0.39 is 0 Å². The number of amides is 2. The average molecular weight is 291 g/mol. The number of fused-ring (bicyclic) bond motifs is 1. The van der Waals surface area contributed by atoms with Crippen LogP contribution in [0, 0.1) is 0 Å². The van der Waals surface area contributed by atoms with Crippen molar-refractivity contribution in [1.82, 2.24) is 14.9 Å². The van der Waals surface area contributed by atoms with Crippen LogP contribution in [0.2, 0.25) is 0 Å². The topological polar surface area (TPSA) is 87.7 Å². The van der Waals surface area contributed by atoms with Gasteiger partial charge in [-0.05, 0) is 6.92 Å². The van der Waals surface area contributed by atoms with Gasteiger partial charge in [-0.3, -0.25) is 4.79 Å². The number of carbonyl (C=O) groups is 2. The zero-order chi connectivity index (χ0) is 14.8. The van der Waals surface area contributed by atoms with Crippen LogP contribution in [0.3, 0.4) is 0 Å². The van der Waals surface area contributed by atoms with Crippen LogP contribution in [-0.2, 0) is 16.0 Å². The van der Waals surface area contributed by atoms with Crippen LogP contribution in [0.5, 0.6) is 0 Å². The molecule has 8 heteroatoms. The quantitative estimate of drug-likeness (QED) is 0.840. The number of hydrogen-bond donors (Lipinski definition) is 1. The van der Waals surface area contributed by atoms with Crippen molar-refractivity contribution in [2.75, 3.05) is 43.0 Å². The number of carbonyl (C=O) groups excluding carboxylic acids is 2. The molecule has 0 radical (unpaired) electrons. The van der Waals surface area contributed by atoms with Crippen molar-refractivity contribution in [3.05, 3.63) is 11.9 Å². The highest BCUT2D eigenvalue weighted by atomic mass is 16.6. The van der Waals surface area contributed by atoms with E-state index in [1.807, 2.05) is 0 Å². The summed E-state index contributed by atoms with van der Waals surface area (Å²) in [5, 5.41) is 2.72. The Hall–Kier alpha value is -2.38. The maximum atomic E-state index is 11.7. The SMILES string of the molecule is CCOC(=O)N1CCN(c2ncnc3c2CC(=O)N3)CC1. The lowest BCUT2D eigenvalue weighted by Gasteiger charge is -2.35. The highest BCUT2D eigenvalue weighted by molar-refractivity contribution is 5.99. The Morgan fingerprint density at radius 3 is 2.81 bits per heavy atom. The minimum Gasteiger partial charge on any atom is -0.450 e. The van der Waals surface area contributed by atoms with Crippen molar-refractivity contribution < 1.29 is 14.3 Å². The van der Waals surface area contributed by atoms with Gasteiger partial charge in [0.25, 0.3) is 0 Å². The smallest absolute Gasteiger partial charge is 0.409 e. The average Bonchev–Trinajstić information content (AvgIpc) is 2.87. The van der Waals surface area contributed by atoms with Crippen molar-refractivity contribution >= 4 is 23.6 Å². The summed E-state index contributed by atoms with van der Waals surface area (Å²) in [6.45, 7) is 4.67. The monoisotopic (exact) mass is 291 g/mol. The fourth-order valence-electron chi connectivity index (χ4n) is 2.60. The number of ether oxygens (including phenoxy) is 1. The largest absolute Gasteiger partial charge is 0.450 e. The summed E-state index contributed by atoms with van der Waals surface area (Å²) in [6, 6.07) is 0. The molecule has 0 bridgehead atoms. The number of rotatable bonds is 2. The molecule has 3 heterocycles. The van der Waals surface area contributed by atoms with Crippen LogP contribution in [0.4, 0.5) is 16.4 Å². The first-order valence-electron chi connectivity index (χ1n) is 6.99. The van der Waals surface area contributed by atoms with E-state index in [0.29, 0.717) is 45.0 Å². The third kappa shape index (κ3) is 2.61. The second kappa shape index (κ2) is 5.55. The molecule has 1 aromatic rings. The molecule has 0 unspecified atom stereocenters. The third-order valence-electron chi connectivity index (χ3n) is 3.62. The molecule has 1 N–H and O–H groups in total. The molecule has 8 nitrogen and oxygen atoms in total. The first-order valence-corrected chi connectivity index (χ1v) is 6.99. The van der Waals surface area contributed by atoms with Crippen molar-refractivity contribution in [2.24, 2.45) is 0 Å². The van der Waals surface area contributed by atoms with Gasteiger partial charge in [-0.1, -0.05) is 0 Å². The minimum absolute atomic E-state index is 0.0584. The molecule has 21 heavy (non-hydrogen) atoms. The highest BCUT2D eigenvalue weighted by Gasteiger charge is 2.28. The lowest BCUT2D eigenvalue weighted by molar-refractivity contribution is -0.115. The molecule has 1 saturated heterocycles. The van der Waals surface area contributed by atoms with Gasteiger partial charge in [0.15, 0.2) is 0 Å². The fraction of sp³-hybridized carbons (Fsp3) is 0.538. The molecule has 2 amide bonds. The van der Waals surface area contributed by atoms with Crippen LogP contribution in [0.25, 0.3) is 0 Å². The summed E-state index contributed by atoms with van der Waals surface area (Å²) in [4.78, 5) is 35.3. The van der Waals surface area contributed by atoms with E-state index >= 15 is 0 Å². The predicted octanol–water partition coefficient (Wildman–Crippen LogP) is 0.250. The Bertz CT molecular complexity index is 569. The highest BCUT2D eigenvalue weighted by Crippen LogP contribution is 2.28. The molecular formula is C13H17N5O3. The number of aromatic nitrogens is 2. The van der Waals surface area contributed by atoms with Crippen LogP contribution < -0.4 is 10.2 Å². The van der Waals surface area contributed by atoms with Crippen LogP contribution in [0.1, 0.15) is 12.5 Å². The Labute approximate surface area is 122 Å². The molecular weight excluding hydrogens is 274 g/mol. The molecule has 0 atom stereocenters. The molecule has 2 aliphatic rings. The van der Waals surface area contributed by atoms with Gasteiger partial charge in [0, 0.05) is 31.7 Å². The second-order valence-electron chi connectivity index (χ2n) is 4.92. The molecule has 0 spiro atoms. The lowest BCUT2D eigenvalue weighted by atomic mass is 10.2. The maximum absolute atomic E-state index is 11.7. The first kappa shape index (κ1) is 13.6. The van der Waals surface area contributed by atoms with Crippen molar-refractivity contribution in [3.8, 4) is 0 Å². The molecule has 1 fully saturated rings. The van der Waals surface area contributed by atoms with Gasteiger partial charge in [-0.2, -0.15) is 0 Å². The number of piperazine rings is 1. The zero-order valence-electron chi connectivity index (χ0n) is 11.8.